The molecule has 0 bridgehead atoms. The van der Waals surface area contributed by atoms with Crippen molar-refractivity contribution in [2.24, 2.45) is 0 Å². The van der Waals surface area contributed by atoms with E-state index < -0.39 is 4.92 Å². The Morgan fingerprint density at radius 2 is 2.00 bits per heavy atom. The Hall–Kier alpha value is -2.15. The van der Waals surface area contributed by atoms with Crippen LogP contribution in [0, 0.1) is 10.1 Å². The summed E-state index contributed by atoms with van der Waals surface area (Å²) in [7, 11) is 4.04. The zero-order valence-electron chi connectivity index (χ0n) is 12.3. The molecular formula is C14H20N4O3. The molecule has 0 atom stereocenters. The zero-order valence-corrected chi connectivity index (χ0v) is 12.3. The topological polar surface area (TPSA) is 92.7 Å². The Bertz CT molecular complexity index is 551. The molecule has 2 N–H and O–H groups in total. The lowest BCUT2D eigenvalue weighted by molar-refractivity contribution is -0.384. The monoisotopic (exact) mass is 292 g/mol. The van der Waals surface area contributed by atoms with Gasteiger partial charge in [-0.3, -0.25) is 14.9 Å². The summed E-state index contributed by atoms with van der Waals surface area (Å²) >= 11 is 0. The molecule has 1 aliphatic heterocycles. The number of nitrogen functional groups attached to an aromatic ring is 1. The first-order valence-corrected chi connectivity index (χ1v) is 6.90. The van der Waals surface area contributed by atoms with Crippen LogP contribution in [0.2, 0.25) is 0 Å². The summed E-state index contributed by atoms with van der Waals surface area (Å²) in [4.78, 5) is 26.8. The molecule has 0 radical (unpaired) electrons. The molecular weight excluding hydrogens is 272 g/mol. The number of carbonyl (C=O) groups excluding carboxylic acids is 1. The highest BCUT2D eigenvalue weighted by atomic mass is 16.6. The van der Waals surface area contributed by atoms with Gasteiger partial charge in [0.1, 0.15) is 11.3 Å². The van der Waals surface area contributed by atoms with Crippen LogP contribution < -0.4 is 5.73 Å². The van der Waals surface area contributed by atoms with E-state index in [1.165, 1.54) is 12.1 Å². The minimum atomic E-state index is -0.588. The maximum atomic E-state index is 12.5. The van der Waals surface area contributed by atoms with Gasteiger partial charge >= 0.3 is 5.69 Å². The molecule has 0 unspecified atom stereocenters. The number of para-hydroxylation sites is 1. The lowest BCUT2D eigenvalue weighted by atomic mass is 10.0. The number of anilines is 1. The summed E-state index contributed by atoms with van der Waals surface area (Å²) in [5, 5.41) is 11.1. The molecule has 7 nitrogen and oxygen atoms in total. The summed E-state index contributed by atoms with van der Waals surface area (Å²) in [6.07, 6.45) is 1.74. The van der Waals surface area contributed by atoms with Crippen molar-refractivity contribution in [1.82, 2.24) is 9.80 Å². The largest absolute Gasteiger partial charge is 0.393 e. The second kappa shape index (κ2) is 6.09. The predicted molar refractivity (Wildman–Crippen MR) is 80.1 cm³/mol. The molecule has 1 aliphatic rings. The number of benzene rings is 1. The standard InChI is InChI=1S/C14H20N4O3/c1-16(2)10-6-8-17(9-7-10)14(19)11-4-3-5-12(15)13(11)18(20)21/h3-5,10H,6-9,15H2,1-2H3. The molecule has 21 heavy (non-hydrogen) atoms. The minimum absolute atomic E-state index is 0.0222. The first-order chi connectivity index (χ1) is 9.91. The highest BCUT2D eigenvalue weighted by molar-refractivity contribution is 6.00. The smallest absolute Gasteiger partial charge is 0.304 e. The van der Waals surface area contributed by atoms with E-state index in [-0.39, 0.29) is 22.8 Å². The SMILES string of the molecule is CN(C)C1CCN(C(=O)c2cccc(N)c2[N+](=O)[O-])CC1. The summed E-state index contributed by atoms with van der Waals surface area (Å²) in [6.45, 7) is 1.21. The summed E-state index contributed by atoms with van der Waals surface area (Å²) < 4.78 is 0. The predicted octanol–water partition coefficient (Wildman–Crippen LogP) is 1.34. The molecule has 1 aromatic rings. The van der Waals surface area contributed by atoms with Gasteiger partial charge in [-0.15, -0.1) is 0 Å². The molecule has 1 aromatic carbocycles. The number of piperidine rings is 1. The Morgan fingerprint density at radius 1 is 1.38 bits per heavy atom. The highest BCUT2D eigenvalue weighted by Crippen LogP contribution is 2.28. The number of amides is 1. The normalized spacial score (nSPS) is 16.2. The number of rotatable bonds is 3. The second-order valence-corrected chi connectivity index (χ2v) is 5.49. The van der Waals surface area contributed by atoms with Gasteiger partial charge in [0.25, 0.3) is 5.91 Å². The van der Waals surface area contributed by atoms with E-state index in [1.54, 1.807) is 11.0 Å². The van der Waals surface area contributed by atoms with Gasteiger partial charge in [0, 0.05) is 19.1 Å². The fraction of sp³-hybridized carbons (Fsp3) is 0.500. The molecule has 2 rings (SSSR count). The van der Waals surface area contributed by atoms with E-state index in [0.29, 0.717) is 19.1 Å². The van der Waals surface area contributed by atoms with Crippen LogP contribution in [0.4, 0.5) is 11.4 Å². The molecule has 1 fully saturated rings. The lowest BCUT2D eigenvalue weighted by Crippen LogP contribution is -2.44. The van der Waals surface area contributed by atoms with Gasteiger partial charge in [0.05, 0.1) is 4.92 Å². The molecule has 0 aliphatic carbocycles. The summed E-state index contributed by atoms with van der Waals surface area (Å²) in [5.41, 5.74) is 5.43. The number of hydrogen-bond donors (Lipinski definition) is 1. The van der Waals surface area contributed by atoms with Crippen LogP contribution in [0.3, 0.4) is 0 Å². The fourth-order valence-corrected chi connectivity index (χ4v) is 2.69. The molecule has 0 spiro atoms. The Morgan fingerprint density at radius 3 is 2.52 bits per heavy atom. The third-order valence-electron chi connectivity index (χ3n) is 3.96. The van der Waals surface area contributed by atoms with Crippen molar-refractivity contribution in [3.05, 3.63) is 33.9 Å². The Balaban J connectivity index is 2.19. The minimum Gasteiger partial charge on any atom is -0.393 e. The number of carbonyl (C=O) groups is 1. The number of nitro groups is 1. The Labute approximate surface area is 123 Å². The molecule has 0 saturated carbocycles. The number of nitrogens with zero attached hydrogens (tertiary/aromatic N) is 3. The van der Waals surface area contributed by atoms with Crippen LogP contribution in [0.15, 0.2) is 18.2 Å². The number of nitrogens with two attached hydrogens (primary N) is 1. The van der Waals surface area contributed by atoms with Gasteiger partial charge in [0.2, 0.25) is 0 Å². The van der Waals surface area contributed by atoms with Crippen LogP contribution in [0.1, 0.15) is 23.2 Å². The van der Waals surface area contributed by atoms with Crippen molar-refractivity contribution < 1.29 is 9.72 Å². The van der Waals surface area contributed by atoms with Gasteiger partial charge < -0.3 is 15.5 Å². The van der Waals surface area contributed by atoms with Crippen LogP contribution in [-0.2, 0) is 0 Å². The van der Waals surface area contributed by atoms with E-state index in [9.17, 15) is 14.9 Å². The van der Waals surface area contributed by atoms with Crippen molar-refractivity contribution in [3.63, 3.8) is 0 Å². The van der Waals surface area contributed by atoms with E-state index in [4.69, 9.17) is 5.73 Å². The van der Waals surface area contributed by atoms with Crippen molar-refractivity contribution >= 4 is 17.3 Å². The first-order valence-electron chi connectivity index (χ1n) is 6.90. The second-order valence-electron chi connectivity index (χ2n) is 5.49. The molecule has 0 aromatic heterocycles. The van der Waals surface area contributed by atoms with Crippen LogP contribution in [-0.4, -0.2) is 53.9 Å². The fourth-order valence-electron chi connectivity index (χ4n) is 2.69. The van der Waals surface area contributed by atoms with Crippen molar-refractivity contribution in [2.75, 3.05) is 32.9 Å². The quantitative estimate of drug-likeness (QED) is 0.515. The number of hydrogen-bond acceptors (Lipinski definition) is 5. The van der Waals surface area contributed by atoms with E-state index in [2.05, 4.69) is 4.90 Å². The zero-order chi connectivity index (χ0) is 15.6. The molecule has 1 amide bonds. The Kier molecular flexibility index (Phi) is 4.42. The average Bonchev–Trinajstić information content (AvgIpc) is 2.46. The lowest BCUT2D eigenvalue weighted by Gasteiger charge is -2.35. The van der Waals surface area contributed by atoms with E-state index in [1.807, 2.05) is 14.1 Å². The van der Waals surface area contributed by atoms with Crippen LogP contribution >= 0.6 is 0 Å². The van der Waals surface area contributed by atoms with Crippen molar-refractivity contribution in [2.45, 2.75) is 18.9 Å². The number of likely N-dealkylation sites (tertiary alicyclic amines) is 1. The van der Waals surface area contributed by atoms with Gasteiger partial charge in [0.15, 0.2) is 0 Å². The maximum Gasteiger partial charge on any atom is 0.304 e. The first kappa shape index (κ1) is 15.2. The molecule has 114 valence electrons. The van der Waals surface area contributed by atoms with E-state index >= 15 is 0 Å². The summed E-state index contributed by atoms with van der Waals surface area (Å²) in [5.74, 6) is -0.314. The van der Waals surface area contributed by atoms with E-state index in [0.717, 1.165) is 12.8 Å². The molecule has 1 saturated heterocycles. The van der Waals surface area contributed by atoms with Crippen LogP contribution in [0.25, 0.3) is 0 Å². The van der Waals surface area contributed by atoms with Gasteiger partial charge in [-0.05, 0) is 39.1 Å². The molecule has 7 heteroatoms. The third kappa shape index (κ3) is 3.13. The van der Waals surface area contributed by atoms with Crippen molar-refractivity contribution in [1.29, 1.82) is 0 Å². The third-order valence-corrected chi connectivity index (χ3v) is 3.96. The average molecular weight is 292 g/mol. The highest BCUT2D eigenvalue weighted by Gasteiger charge is 2.29. The van der Waals surface area contributed by atoms with Gasteiger partial charge in [-0.1, -0.05) is 6.07 Å². The molecule has 1 heterocycles. The summed E-state index contributed by atoms with van der Waals surface area (Å²) in [6, 6.07) is 4.93. The van der Waals surface area contributed by atoms with Crippen LogP contribution in [0.5, 0.6) is 0 Å². The maximum absolute atomic E-state index is 12.5. The van der Waals surface area contributed by atoms with Crippen molar-refractivity contribution in [3.8, 4) is 0 Å². The van der Waals surface area contributed by atoms with Gasteiger partial charge in [-0.25, -0.2) is 0 Å². The van der Waals surface area contributed by atoms with Gasteiger partial charge in [-0.2, -0.15) is 0 Å². The number of nitro benzene ring substituents is 1.